The van der Waals surface area contributed by atoms with Gasteiger partial charge in [-0.2, -0.15) is 0 Å². The number of hydrogen-bond donors (Lipinski definition) is 0. The summed E-state index contributed by atoms with van der Waals surface area (Å²) in [6.45, 7) is 3.42. The molecule has 0 radical (unpaired) electrons. The van der Waals surface area contributed by atoms with E-state index < -0.39 is 0 Å². The number of fused-ring (bicyclic) bond motifs is 1. The highest BCUT2D eigenvalue weighted by Gasteiger charge is 2.33. The number of hydrogen-bond acceptors (Lipinski definition) is 7. The van der Waals surface area contributed by atoms with E-state index >= 15 is 0 Å². The smallest absolute Gasteiger partial charge is 0.266 e. The van der Waals surface area contributed by atoms with Crippen molar-refractivity contribution in [1.29, 1.82) is 0 Å². The van der Waals surface area contributed by atoms with Gasteiger partial charge in [0.15, 0.2) is 16.7 Å². The molecule has 0 aromatic heterocycles. The summed E-state index contributed by atoms with van der Waals surface area (Å²) in [4.78, 5) is 20.3. The lowest BCUT2D eigenvalue weighted by Gasteiger charge is -2.15. The highest BCUT2D eigenvalue weighted by atomic mass is 35.5. The number of benzene rings is 4. The Labute approximate surface area is 254 Å². The van der Waals surface area contributed by atoms with Gasteiger partial charge < -0.3 is 18.9 Å². The van der Waals surface area contributed by atoms with Crippen molar-refractivity contribution in [3.63, 3.8) is 0 Å². The average molecular weight is 603 g/mol. The summed E-state index contributed by atoms with van der Waals surface area (Å²) in [6, 6.07) is 25.4. The Morgan fingerprint density at radius 2 is 1.74 bits per heavy atom. The van der Waals surface area contributed by atoms with E-state index in [9.17, 15) is 4.79 Å². The second kappa shape index (κ2) is 13.8. The molecule has 1 heterocycles. The third-order valence-corrected chi connectivity index (χ3v) is 7.82. The maximum absolute atomic E-state index is 13.4. The molecular weight excluding hydrogens is 572 g/mol. The van der Waals surface area contributed by atoms with Crippen LogP contribution in [0.4, 0.5) is 5.69 Å². The first-order valence-electron chi connectivity index (χ1n) is 13.5. The molecule has 0 bridgehead atoms. The number of carbonyl (C=O) groups is 1. The molecule has 1 aliphatic rings. The Kier molecular flexibility index (Phi) is 9.69. The molecule has 9 heteroatoms. The normalized spacial score (nSPS) is 15.1. The predicted molar refractivity (Wildman–Crippen MR) is 170 cm³/mol. The fourth-order valence-electron chi connectivity index (χ4n) is 4.45. The molecule has 216 valence electrons. The molecule has 0 aliphatic carbocycles. The first-order chi connectivity index (χ1) is 20.5. The van der Waals surface area contributed by atoms with Gasteiger partial charge in [0, 0.05) is 7.11 Å². The highest BCUT2D eigenvalue weighted by Crippen LogP contribution is 2.40. The minimum Gasteiger partial charge on any atom is -0.497 e. The van der Waals surface area contributed by atoms with Crippen LogP contribution in [0.5, 0.6) is 17.2 Å². The Morgan fingerprint density at radius 1 is 0.952 bits per heavy atom. The summed E-state index contributed by atoms with van der Waals surface area (Å²) in [7, 11) is 3.22. The van der Waals surface area contributed by atoms with E-state index in [0.717, 1.165) is 22.3 Å². The molecule has 4 aromatic carbocycles. The Morgan fingerprint density at radius 3 is 2.48 bits per heavy atom. The van der Waals surface area contributed by atoms with Crippen LogP contribution in [0.25, 0.3) is 16.8 Å². The van der Waals surface area contributed by atoms with E-state index in [-0.39, 0.29) is 5.91 Å². The topological polar surface area (TPSA) is 69.6 Å². The monoisotopic (exact) mass is 602 g/mol. The van der Waals surface area contributed by atoms with E-state index in [1.54, 1.807) is 31.3 Å². The molecular formula is C33H31ClN2O5S. The molecule has 0 N–H and O–H groups in total. The third kappa shape index (κ3) is 6.90. The van der Waals surface area contributed by atoms with Crippen molar-refractivity contribution in [3.8, 4) is 17.2 Å². The number of rotatable bonds is 11. The van der Waals surface area contributed by atoms with Crippen LogP contribution >= 0.6 is 23.4 Å². The standard InChI is InChI=1S/C33H31ClN2O5S/c1-4-40-29-19-23(18-28(34)31(29)41-21-22-9-10-24-7-5-6-8-25(24)17-22)20-30-32(37)36(15-16-38-2)33(42-30)35-26-11-13-27(39-3)14-12-26/h5-14,17-20H,4,15-16,21H2,1-3H3/b30-20-,35-33?. The van der Waals surface area contributed by atoms with E-state index in [1.165, 1.54) is 17.1 Å². The largest absolute Gasteiger partial charge is 0.497 e. The number of amidine groups is 1. The number of thioether (sulfide) groups is 1. The van der Waals surface area contributed by atoms with E-state index in [4.69, 9.17) is 35.5 Å². The summed E-state index contributed by atoms with van der Waals surface area (Å²) in [5.41, 5.74) is 2.45. The van der Waals surface area contributed by atoms with Crippen molar-refractivity contribution in [3.05, 3.63) is 99.9 Å². The second-order valence-corrected chi connectivity index (χ2v) is 10.8. The number of methoxy groups -OCH3 is 2. The SMILES string of the molecule is CCOc1cc(/C=C2\SC(=Nc3ccc(OC)cc3)N(CCOC)C2=O)cc(Cl)c1OCc1ccc2ccccc2c1. The lowest BCUT2D eigenvalue weighted by Crippen LogP contribution is -2.32. The third-order valence-electron chi connectivity index (χ3n) is 6.53. The van der Waals surface area contributed by atoms with Crippen LogP contribution in [0.1, 0.15) is 18.1 Å². The van der Waals surface area contributed by atoms with Crippen molar-refractivity contribution < 1.29 is 23.7 Å². The minimum atomic E-state index is -0.157. The Balaban J connectivity index is 1.40. The van der Waals surface area contributed by atoms with Crippen molar-refractivity contribution >= 4 is 57.0 Å². The van der Waals surface area contributed by atoms with Crippen molar-refractivity contribution in [2.75, 3.05) is 34.0 Å². The van der Waals surface area contributed by atoms with Gasteiger partial charge in [-0.25, -0.2) is 4.99 Å². The quantitative estimate of drug-likeness (QED) is 0.164. The zero-order valence-electron chi connectivity index (χ0n) is 23.6. The molecule has 5 rings (SSSR count). The van der Waals surface area contributed by atoms with Crippen LogP contribution in [0.15, 0.2) is 88.8 Å². The van der Waals surface area contributed by atoms with Crippen LogP contribution in [0, 0.1) is 0 Å². The zero-order chi connectivity index (χ0) is 29.5. The van der Waals surface area contributed by atoms with Gasteiger partial charge in [0.1, 0.15) is 12.4 Å². The second-order valence-electron chi connectivity index (χ2n) is 9.39. The van der Waals surface area contributed by atoms with Crippen LogP contribution in [0.3, 0.4) is 0 Å². The van der Waals surface area contributed by atoms with Gasteiger partial charge in [0.05, 0.1) is 42.5 Å². The number of carbonyl (C=O) groups excluding carboxylic acids is 1. The molecule has 0 atom stereocenters. The Hall–Kier alpha value is -3.98. The fraction of sp³-hybridized carbons (Fsp3) is 0.212. The predicted octanol–water partition coefficient (Wildman–Crippen LogP) is 7.73. The highest BCUT2D eigenvalue weighted by molar-refractivity contribution is 8.18. The number of halogens is 1. The summed E-state index contributed by atoms with van der Waals surface area (Å²) in [6.07, 6.45) is 1.80. The summed E-state index contributed by atoms with van der Waals surface area (Å²) < 4.78 is 22.6. The first kappa shape index (κ1) is 29.5. The lowest BCUT2D eigenvalue weighted by molar-refractivity contribution is -0.122. The molecule has 0 spiro atoms. The maximum atomic E-state index is 13.4. The molecule has 42 heavy (non-hydrogen) atoms. The van der Waals surface area contributed by atoms with Gasteiger partial charge >= 0.3 is 0 Å². The molecule has 1 aliphatic heterocycles. The molecule has 7 nitrogen and oxygen atoms in total. The van der Waals surface area contributed by atoms with Crippen molar-refractivity contribution in [2.45, 2.75) is 13.5 Å². The first-order valence-corrected chi connectivity index (χ1v) is 14.7. The molecule has 1 fully saturated rings. The van der Waals surface area contributed by atoms with Gasteiger partial charge in [0.25, 0.3) is 5.91 Å². The van der Waals surface area contributed by atoms with Gasteiger partial charge in [-0.3, -0.25) is 9.69 Å². The molecule has 0 unspecified atom stereocenters. The van der Waals surface area contributed by atoms with Gasteiger partial charge in [-0.1, -0.05) is 48.0 Å². The number of amides is 1. The van der Waals surface area contributed by atoms with E-state index in [2.05, 4.69) is 24.3 Å². The number of nitrogens with zero attached hydrogens (tertiary/aromatic N) is 2. The Bertz CT molecular complexity index is 1640. The summed E-state index contributed by atoms with van der Waals surface area (Å²) in [5, 5.41) is 3.28. The van der Waals surface area contributed by atoms with Gasteiger partial charge in [-0.05, 0) is 89.1 Å². The molecule has 1 saturated heterocycles. The van der Waals surface area contributed by atoms with Crippen molar-refractivity contribution in [2.24, 2.45) is 4.99 Å². The fourth-order valence-corrected chi connectivity index (χ4v) is 5.75. The van der Waals surface area contributed by atoms with Crippen LogP contribution in [0.2, 0.25) is 5.02 Å². The summed E-state index contributed by atoms with van der Waals surface area (Å²) >= 11 is 8.02. The zero-order valence-corrected chi connectivity index (χ0v) is 25.2. The molecule has 1 amide bonds. The van der Waals surface area contributed by atoms with E-state index in [1.807, 2.05) is 55.5 Å². The average Bonchev–Trinajstić information content (AvgIpc) is 3.28. The van der Waals surface area contributed by atoms with Crippen LogP contribution in [-0.2, 0) is 16.1 Å². The summed E-state index contributed by atoms with van der Waals surface area (Å²) in [5.74, 6) is 1.55. The van der Waals surface area contributed by atoms with Crippen LogP contribution in [-0.4, -0.2) is 50.0 Å². The molecule has 4 aromatic rings. The van der Waals surface area contributed by atoms with Crippen molar-refractivity contribution in [1.82, 2.24) is 4.90 Å². The molecule has 0 saturated carbocycles. The lowest BCUT2D eigenvalue weighted by atomic mass is 10.1. The van der Waals surface area contributed by atoms with Crippen LogP contribution < -0.4 is 14.2 Å². The maximum Gasteiger partial charge on any atom is 0.266 e. The van der Waals surface area contributed by atoms with E-state index in [0.29, 0.717) is 58.6 Å². The van der Waals surface area contributed by atoms with Gasteiger partial charge in [0.2, 0.25) is 0 Å². The van der Waals surface area contributed by atoms with Gasteiger partial charge in [-0.15, -0.1) is 0 Å². The minimum absolute atomic E-state index is 0.157. The number of aliphatic imine (C=N–C) groups is 1. The number of ether oxygens (including phenoxy) is 4.